The van der Waals surface area contributed by atoms with Crippen molar-refractivity contribution in [1.82, 2.24) is 10.2 Å². The third-order valence-corrected chi connectivity index (χ3v) is 9.74. The monoisotopic (exact) mass is 684 g/mol. The third kappa shape index (κ3) is 7.04. The second-order valence-electron chi connectivity index (χ2n) is 10.6. The molecule has 0 radical (unpaired) electrons. The van der Waals surface area contributed by atoms with E-state index in [0.29, 0.717) is 33.0 Å². The number of nitro benzene ring substituents is 1. The molecule has 6 rings (SSSR count). The standard InChI is InChI=1S/C34H25ClN4O6S2/c1-20-3-2-4-22(17-20)18-45-27-15-9-24(10-16-27)30(40)28-29(23-7-13-26(14-8-23)39(43)44)38(32(42)31(28)41)33-36-37-34(47-33)46-19-21-5-11-25(35)12-6-21/h2-17,29,40H,18-19H2,1H3. The fourth-order valence-electron chi connectivity index (χ4n) is 5.04. The number of carbonyl (C=O) groups excluding carboxylic acids is 2. The molecule has 1 saturated heterocycles. The Kier molecular flexibility index (Phi) is 9.34. The summed E-state index contributed by atoms with van der Waals surface area (Å²) in [7, 11) is 0. The Hall–Kier alpha value is -5.04. The minimum absolute atomic E-state index is 0.146. The summed E-state index contributed by atoms with van der Waals surface area (Å²) in [5.74, 6) is -1.11. The van der Waals surface area contributed by atoms with Gasteiger partial charge in [-0.1, -0.05) is 76.7 Å². The number of benzene rings is 4. The molecule has 1 aliphatic heterocycles. The smallest absolute Gasteiger partial charge is 0.301 e. The molecule has 0 aliphatic carbocycles. The zero-order chi connectivity index (χ0) is 33.1. The molecule has 5 aromatic rings. The fraction of sp³-hybridized carbons (Fsp3) is 0.118. The molecule has 2 heterocycles. The molecule has 0 bridgehead atoms. The largest absolute Gasteiger partial charge is 0.507 e. The van der Waals surface area contributed by atoms with E-state index in [9.17, 15) is 24.8 Å². The van der Waals surface area contributed by atoms with Gasteiger partial charge in [0.2, 0.25) is 5.13 Å². The maximum atomic E-state index is 13.6. The van der Waals surface area contributed by atoms with Crippen LogP contribution in [0, 0.1) is 17.0 Å². The zero-order valence-electron chi connectivity index (χ0n) is 24.7. The lowest BCUT2D eigenvalue weighted by Crippen LogP contribution is -2.29. The number of halogens is 1. The molecule has 0 spiro atoms. The maximum Gasteiger partial charge on any atom is 0.301 e. The van der Waals surface area contributed by atoms with E-state index >= 15 is 0 Å². The first-order chi connectivity index (χ1) is 22.7. The second kappa shape index (κ2) is 13.8. The van der Waals surface area contributed by atoms with Crippen LogP contribution in [0.3, 0.4) is 0 Å². The van der Waals surface area contributed by atoms with Crippen LogP contribution in [0.2, 0.25) is 5.02 Å². The van der Waals surface area contributed by atoms with Crippen LogP contribution < -0.4 is 9.64 Å². The van der Waals surface area contributed by atoms with Crippen molar-refractivity contribution in [2.75, 3.05) is 4.90 Å². The van der Waals surface area contributed by atoms with Crippen LogP contribution >= 0.6 is 34.7 Å². The van der Waals surface area contributed by atoms with Crippen molar-refractivity contribution in [2.24, 2.45) is 0 Å². The van der Waals surface area contributed by atoms with Crippen molar-refractivity contribution in [2.45, 2.75) is 29.7 Å². The number of thioether (sulfide) groups is 1. The lowest BCUT2D eigenvalue weighted by molar-refractivity contribution is -0.384. The van der Waals surface area contributed by atoms with Crippen LogP contribution in [0.15, 0.2) is 107 Å². The Morgan fingerprint density at radius 2 is 1.72 bits per heavy atom. The first kappa shape index (κ1) is 31.9. The summed E-state index contributed by atoms with van der Waals surface area (Å²) in [5.41, 5.74) is 3.45. The van der Waals surface area contributed by atoms with Gasteiger partial charge in [0.25, 0.3) is 11.5 Å². The number of nitrogens with zero attached hydrogens (tertiary/aromatic N) is 4. The van der Waals surface area contributed by atoms with Gasteiger partial charge in [0.1, 0.15) is 18.1 Å². The molecule has 1 aliphatic rings. The van der Waals surface area contributed by atoms with Gasteiger partial charge < -0.3 is 9.84 Å². The van der Waals surface area contributed by atoms with Gasteiger partial charge in [0.05, 0.1) is 16.5 Å². The lowest BCUT2D eigenvalue weighted by atomic mass is 9.95. The van der Waals surface area contributed by atoms with Gasteiger partial charge in [-0.25, -0.2) is 0 Å². The summed E-state index contributed by atoms with van der Waals surface area (Å²) in [6, 6.07) is 26.2. The SMILES string of the molecule is Cc1cccc(COc2ccc(C(O)=C3C(=O)C(=O)N(c4nnc(SCc5ccc(Cl)cc5)s4)C3c3ccc([N+](=O)[O-])cc3)cc2)c1. The van der Waals surface area contributed by atoms with E-state index in [1.54, 1.807) is 36.4 Å². The average Bonchev–Trinajstić information content (AvgIpc) is 3.65. The molecule has 0 saturated carbocycles. The Bertz CT molecular complexity index is 2000. The molecule has 1 amide bonds. The van der Waals surface area contributed by atoms with Crippen LogP contribution in [0.4, 0.5) is 10.8 Å². The van der Waals surface area contributed by atoms with Crippen molar-refractivity contribution >= 4 is 63.0 Å². The molecule has 10 nitrogen and oxygen atoms in total. The van der Waals surface area contributed by atoms with Gasteiger partial charge in [0.15, 0.2) is 4.34 Å². The number of aryl methyl sites for hydroxylation is 1. The maximum absolute atomic E-state index is 13.6. The number of Topliss-reactive ketones (excluding diaryl/α,β-unsaturated/α-hetero) is 1. The Morgan fingerprint density at radius 3 is 2.40 bits per heavy atom. The van der Waals surface area contributed by atoms with Gasteiger partial charge in [0, 0.05) is 28.5 Å². The number of amides is 1. The summed E-state index contributed by atoms with van der Waals surface area (Å²) in [4.78, 5) is 39.1. The highest BCUT2D eigenvalue weighted by molar-refractivity contribution is 8.00. The van der Waals surface area contributed by atoms with Crippen molar-refractivity contribution in [3.63, 3.8) is 0 Å². The van der Waals surface area contributed by atoms with E-state index < -0.39 is 28.4 Å². The molecule has 4 aromatic carbocycles. The molecule has 236 valence electrons. The highest BCUT2D eigenvalue weighted by Gasteiger charge is 2.48. The third-order valence-electron chi connectivity index (χ3n) is 7.36. The van der Waals surface area contributed by atoms with Crippen LogP contribution in [0.5, 0.6) is 5.75 Å². The number of aliphatic hydroxyl groups is 1. The van der Waals surface area contributed by atoms with Crippen LogP contribution in [0.25, 0.3) is 5.76 Å². The molecule has 1 atom stereocenters. The van der Waals surface area contributed by atoms with Crippen LogP contribution in [0.1, 0.15) is 33.9 Å². The molecular weight excluding hydrogens is 660 g/mol. The Labute approximate surface area is 282 Å². The molecule has 1 fully saturated rings. The minimum atomic E-state index is -1.12. The number of nitro groups is 1. The molecule has 13 heteroatoms. The van der Waals surface area contributed by atoms with Crippen molar-refractivity contribution in [3.8, 4) is 5.75 Å². The van der Waals surface area contributed by atoms with Crippen molar-refractivity contribution in [3.05, 3.63) is 146 Å². The number of aliphatic hydroxyl groups excluding tert-OH is 1. The van der Waals surface area contributed by atoms with Crippen LogP contribution in [-0.4, -0.2) is 31.9 Å². The average molecular weight is 685 g/mol. The van der Waals surface area contributed by atoms with Crippen molar-refractivity contribution in [1.29, 1.82) is 0 Å². The van der Waals surface area contributed by atoms with Gasteiger partial charge in [-0.05, 0) is 72.1 Å². The number of ketones is 1. The van der Waals surface area contributed by atoms with E-state index in [4.69, 9.17) is 16.3 Å². The van der Waals surface area contributed by atoms with Gasteiger partial charge >= 0.3 is 5.91 Å². The van der Waals surface area contributed by atoms with E-state index in [2.05, 4.69) is 10.2 Å². The van der Waals surface area contributed by atoms with Crippen molar-refractivity contribution < 1.29 is 24.4 Å². The summed E-state index contributed by atoms with van der Waals surface area (Å²) >= 11 is 8.51. The number of aromatic nitrogens is 2. The molecular formula is C34H25ClN4O6S2. The van der Waals surface area contributed by atoms with Crippen LogP contribution in [-0.2, 0) is 21.9 Å². The number of non-ortho nitro benzene ring substituents is 1. The van der Waals surface area contributed by atoms with E-state index in [1.165, 1.54) is 40.9 Å². The number of hydrogen-bond acceptors (Lipinski definition) is 10. The summed E-state index contributed by atoms with van der Waals surface area (Å²) in [5, 5.41) is 32.0. The second-order valence-corrected chi connectivity index (χ2v) is 13.2. The van der Waals surface area contributed by atoms with Gasteiger partial charge in [-0.15, -0.1) is 10.2 Å². The van der Waals surface area contributed by atoms with Gasteiger partial charge in [-0.3, -0.25) is 24.6 Å². The number of anilines is 1. The molecule has 1 N–H and O–H groups in total. The molecule has 47 heavy (non-hydrogen) atoms. The number of carbonyl (C=O) groups is 2. The lowest BCUT2D eigenvalue weighted by Gasteiger charge is -2.22. The highest BCUT2D eigenvalue weighted by atomic mass is 35.5. The first-order valence-corrected chi connectivity index (χ1v) is 16.4. The fourth-order valence-corrected chi connectivity index (χ4v) is 6.99. The highest BCUT2D eigenvalue weighted by Crippen LogP contribution is 2.44. The Balaban J connectivity index is 1.31. The van der Waals surface area contributed by atoms with Gasteiger partial charge in [-0.2, -0.15) is 0 Å². The summed E-state index contributed by atoms with van der Waals surface area (Å²) in [6.45, 7) is 2.35. The first-order valence-electron chi connectivity index (χ1n) is 14.2. The van der Waals surface area contributed by atoms with E-state index in [1.807, 2.05) is 43.3 Å². The summed E-state index contributed by atoms with van der Waals surface area (Å²) < 4.78 is 6.45. The number of hydrogen-bond donors (Lipinski definition) is 1. The van der Waals surface area contributed by atoms with E-state index in [0.717, 1.165) is 28.0 Å². The number of ether oxygens (including phenoxy) is 1. The summed E-state index contributed by atoms with van der Waals surface area (Å²) in [6.07, 6.45) is 0. The topological polar surface area (TPSA) is 136 Å². The predicted molar refractivity (Wildman–Crippen MR) is 181 cm³/mol. The quantitative estimate of drug-likeness (QED) is 0.0296. The predicted octanol–water partition coefficient (Wildman–Crippen LogP) is 7.91. The van der Waals surface area contributed by atoms with E-state index in [-0.39, 0.29) is 22.0 Å². The minimum Gasteiger partial charge on any atom is -0.507 e. The molecule has 1 aromatic heterocycles. The number of rotatable bonds is 10. The Morgan fingerprint density at radius 1 is 1.00 bits per heavy atom. The zero-order valence-corrected chi connectivity index (χ0v) is 27.1. The normalized spacial score (nSPS) is 15.6. The molecule has 1 unspecified atom stereocenters.